The predicted molar refractivity (Wildman–Crippen MR) is 103 cm³/mol. The third-order valence-electron chi connectivity index (χ3n) is 4.68. The number of benzene rings is 2. The Morgan fingerprint density at radius 3 is 2.32 bits per heavy atom. The number of nitrogens with zero attached hydrogens (tertiary/aromatic N) is 2. The van der Waals surface area contributed by atoms with E-state index >= 15 is 0 Å². The van der Waals surface area contributed by atoms with Gasteiger partial charge in [0.2, 0.25) is 5.91 Å². The number of halogens is 1. The van der Waals surface area contributed by atoms with Gasteiger partial charge in [-0.05, 0) is 36.8 Å². The van der Waals surface area contributed by atoms with Gasteiger partial charge in [-0.15, -0.1) is 0 Å². The van der Waals surface area contributed by atoms with E-state index in [2.05, 4.69) is 41.4 Å². The number of carbonyl (C=O) groups excluding carboxylic acids is 1. The summed E-state index contributed by atoms with van der Waals surface area (Å²) in [7, 11) is 0. The lowest BCUT2D eigenvalue weighted by atomic mass is 10.1. The molecule has 0 aromatic heterocycles. The first-order chi connectivity index (χ1) is 12.1. The summed E-state index contributed by atoms with van der Waals surface area (Å²) in [5.41, 5.74) is 2.36. The molecule has 1 aliphatic rings. The molecule has 1 saturated heterocycles. The lowest BCUT2D eigenvalue weighted by Gasteiger charge is -2.36. The van der Waals surface area contributed by atoms with Crippen LogP contribution in [0.3, 0.4) is 0 Å². The Morgan fingerprint density at radius 2 is 1.68 bits per heavy atom. The molecule has 1 fully saturated rings. The normalized spacial score (nSPS) is 15.9. The standard InChI is InChI=1S/C20H24ClN3O/c1-16(17-7-9-18(21)10-8-17)22-15-20(25)24-13-11-23(12-14-24)19-5-3-2-4-6-19/h2-10,16,22H,11-15H2,1H3/t16-/m1/s1. The average molecular weight is 358 g/mol. The Labute approximate surface area is 154 Å². The van der Waals surface area contributed by atoms with Gasteiger partial charge in [-0.3, -0.25) is 4.79 Å². The van der Waals surface area contributed by atoms with Crippen molar-refractivity contribution in [2.24, 2.45) is 0 Å². The highest BCUT2D eigenvalue weighted by molar-refractivity contribution is 6.30. The van der Waals surface area contributed by atoms with Crippen LogP contribution in [-0.4, -0.2) is 43.5 Å². The van der Waals surface area contributed by atoms with Crippen molar-refractivity contribution in [3.8, 4) is 0 Å². The molecule has 0 bridgehead atoms. The van der Waals surface area contributed by atoms with E-state index in [0.29, 0.717) is 6.54 Å². The number of carbonyl (C=O) groups is 1. The van der Waals surface area contributed by atoms with Crippen molar-refractivity contribution in [2.75, 3.05) is 37.6 Å². The second-order valence-corrected chi connectivity index (χ2v) is 6.79. The number of para-hydroxylation sites is 1. The van der Waals surface area contributed by atoms with E-state index in [4.69, 9.17) is 11.6 Å². The van der Waals surface area contributed by atoms with E-state index in [0.717, 1.165) is 36.8 Å². The highest BCUT2D eigenvalue weighted by Gasteiger charge is 2.21. The summed E-state index contributed by atoms with van der Waals surface area (Å²) < 4.78 is 0. The summed E-state index contributed by atoms with van der Waals surface area (Å²) >= 11 is 5.92. The van der Waals surface area contributed by atoms with Gasteiger partial charge in [-0.2, -0.15) is 0 Å². The molecule has 0 aliphatic carbocycles. The maximum absolute atomic E-state index is 12.5. The van der Waals surface area contributed by atoms with Crippen molar-refractivity contribution in [1.29, 1.82) is 0 Å². The van der Waals surface area contributed by atoms with Crippen LogP contribution in [0.5, 0.6) is 0 Å². The largest absolute Gasteiger partial charge is 0.368 e. The lowest BCUT2D eigenvalue weighted by Crippen LogP contribution is -2.51. The molecular formula is C20H24ClN3O. The number of amides is 1. The van der Waals surface area contributed by atoms with E-state index in [1.165, 1.54) is 5.69 Å². The van der Waals surface area contributed by atoms with Crippen LogP contribution in [0.25, 0.3) is 0 Å². The van der Waals surface area contributed by atoms with Crippen molar-refractivity contribution in [2.45, 2.75) is 13.0 Å². The van der Waals surface area contributed by atoms with Gasteiger partial charge in [-0.1, -0.05) is 41.9 Å². The predicted octanol–water partition coefficient (Wildman–Crippen LogP) is 3.34. The molecule has 25 heavy (non-hydrogen) atoms. The molecule has 1 atom stereocenters. The van der Waals surface area contributed by atoms with Crippen LogP contribution in [0.2, 0.25) is 5.02 Å². The zero-order chi connectivity index (χ0) is 17.6. The third kappa shape index (κ3) is 4.74. The molecule has 1 N–H and O–H groups in total. The van der Waals surface area contributed by atoms with Crippen molar-refractivity contribution in [3.63, 3.8) is 0 Å². The molecule has 0 saturated carbocycles. The van der Waals surface area contributed by atoms with Crippen LogP contribution in [0.4, 0.5) is 5.69 Å². The molecule has 5 heteroatoms. The van der Waals surface area contributed by atoms with E-state index in [1.54, 1.807) is 0 Å². The molecule has 1 aliphatic heterocycles. The first-order valence-corrected chi connectivity index (χ1v) is 9.08. The van der Waals surface area contributed by atoms with Crippen molar-refractivity contribution in [1.82, 2.24) is 10.2 Å². The SMILES string of the molecule is C[C@@H](NCC(=O)N1CCN(c2ccccc2)CC1)c1ccc(Cl)cc1. The minimum absolute atomic E-state index is 0.117. The number of piperazine rings is 1. The van der Waals surface area contributed by atoms with Gasteiger partial charge in [0.15, 0.2) is 0 Å². The first-order valence-electron chi connectivity index (χ1n) is 8.70. The number of hydrogen-bond acceptors (Lipinski definition) is 3. The minimum Gasteiger partial charge on any atom is -0.368 e. The van der Waals surface area contributed by atoms with Crippen LogP contribution in [-0.2, 0) is 4.79 Å². The van der Waals surface area contributed by atoms with Gasteiger partial charge in [-0.25, -0.2) is 0 Å². The Hall–Kier alpha value is -2.04. The highest BCUT2D eigenvalue weighted by atomic mass is 35.5. The Balaban J connectivity index is 1.45. The molecule has 1 amide bonds. The number of rotatable bonds is 5. The zero-order valence-electron chi connectivity index (χ0n) is 14.5. The molecule has 1 heterocycles. The fraction of sp³-hybridized carbons (Fsp3) is 0.350. The zero-order valence-corrected chi connectivity index (χ0v) is 15.2. The van der Waals surface area contributed by atoms with Crippen molar-refractivity contribution in [3.05, 3.63) is 65.2 Å². The monoisotopic (exact) mass is 357 g/mol. The second kappa shape index (κ2) is 8.37. The molecule has 0 spiro atoms. The number of anilines is 1. The minimum atomic E-state index is 0.117. The molecule has 2 aromatic carbocycles. The van der Waals surface area contributed by atoms with E-state index in [1.807, 2.05) is 35.2 Å². The molecule has 0 radical (unpaired) electrons. The van der Waals surface area contributed by atoms with Gasteiger partial charge in [0.25, 0.3) is 0 Å². The first kappa shape index (κ1) is 17.8. The highest BCUT2D eigenvalue weighted by Crippen LogP contribution is 2.17. The summed E-state index contributed by atoms with van der Waals surface area (Å²) in [6.45, 7) is 5.71. The fourth-order valence-corrected chi connectivity index (χ4v) is 3.20. The lowest BCUT2D eigenvalue weighted by molar-refractivity contribution is -0.130. The molecule has 2 aromatic rings. The molecule has 3 rings (SSSR count). The van der Waals surface area contributed by atoms with Crippen LogP contribution in [0.15, 0.2) is 54.6 Å². The number of nitrogens with one attached hydrogen (secondary N) is 1. The van der Waals surface area contributed by atoms with Crippen LogP contribution in [0.1, 0.15) is 18.5 Å². The van der Waals surface area contributed by atoms with Crippen molar-refractivity contribution < 1.29 is 4.79 Å². The van der Waals surface area contributed by atoms with Crippen LogP contribution in [0, 0.1) is 0 Å². The fourth-order valence-electron chi connectivity index (χ4n) is 3.07. The van der Waals surface area contributed by atoms with E-state index < -0.39 is 0 Å². The van der Waals surface area contributed by atoms with Crippen LogP contribution < -0.4 is 10.2 Å². The maximum Gasteiger partial charge on any atom is 0.236 e. The van der Waals surface area contributed by atoms with Crippen molar-refractivity contribution >= 4 is 23.2 Å². The summed E-state index contributed by atoms with van der Waals surface area (Å²) in [6, 6.07) is 18.2. The van der Waals surface area contributed by atoms with Gasteiger partial charge < -0.3 is 15.1 Å². The summed E-state index contributed by atoms with van der Waals surface area (Å²) in [4.78, 5) is 16.7. The van der Waals surface area contributed by atoms with Gasteiger partial charge >= 0.3 is 0 Å². The Kier molecular flexibility index (Phi) is 5.95. The van der Waals surface area contributed by atoms with E-state index in [-0.39, 0.29) is 11.9 Å². The van der Waals surface area contributed by atoms with E-state index in [9.17, 15) is 4.79 Å². The topological polar surface area (TPSA) is 35.6 Å². The molecule has 0 unspecified atom stereocenters. The van der Waals surface area contributed by atoms with Gasteiger partial charge in [0, 0.05) is 42.9 Å². The van der Waals surface area contributed by atoms with Gasteiger partial charge in [0.1, 0.15) is 0 Å². The smallest absolute Gasteiger partial charge is 0.236 e. The third-order valence-corrected chi connectivity index (χ3v) is 4.94. The summed E-state index contributed by atoms with van der Waals surface area (Å²) in [5, 5.41) is 4.04. The Bertz CT molecular complexity index is 682. The second-order valence-electron chi connectivity index (χ2n) is 6.36. The quantitative estimate of drug-likeness (QED) is 0.891. The maximum atomic E-state index is 12.5. The number of hydrogen-bond donors (Lipinski definition) is 1. The molecular weight excluding hydrogens is 334 g/mol. The Morgan fingerprint density at radius 1 is 1.04 bits per heavy atom. The van der Waals surface area contributed by atoms with Crippen LogP contribution >= 0.6 is 11.6 Å². The van der Waals surface area contributed by atoms with Gasteiger partial charge in [0.05, 0.1) is 6.54 Å². The summed E-state index contributed by atoms with van der Waals surface area (Å²) in [5.74, 6) is 0.161. The summed E-state index contributed by atoms with van der Waals surface area (Å²) in [6.07, 6.45) is 0. The molecule has 132 valence electrons. The molecule has 4 nitrogen and oxygen atoms in total. The average Bonchev–Trinajstić information content (AvgIpc) is 2.67.